The topological polar surface area (TPSA) is 43.8 Å². The smallest absolute Gasteiger partial charge is 0.329 e. The van der Waals surface area contributed by atoms with Crippen LogP contribution < -0.4 is 5.73 Å². The first kappa shape index (κ1) is 13.2. The quantitative estimate of drug-likeness (QED) is 0.871. The molecule has 0 aliphatic heterocycles. The molecule has 2 rings (SSSR count). The second-order valence-corrected chi connectivity index (χ2v) is 4.76. The number of imidazole rings is 1. The molecule has 1 aromatic heterocycles. The van der Waals surface area contributed by atoms with Crippen LogP contribution in [0, 0.1) is 0 Å². The lowest BCUT2D eigenvalue weighted by molar-refractivity contribution is -0.186. The van der Waals surface area contributed by atoms with Crippen LogP contribution in [0.3, 0.4) is 0 Å². The van der Waals surface area contributed by atoms with Crippen molar-refractivity contribution >= 4 is 22.6 Å². The van der Waals surface area contributed by atoms with Gasteiger partial charge in [0.1, 0.15) is 5.82 Å². The van der Waals surface area contributed by atoms with Gasteiger partial charge in [-0.3, -0.25) is 0 Å². The van der Waals surface area contributed by atoms with E-state index >= 15 is 0 Å². The molecule has 98 valence electrons. The van der Waals surface area contributed by atoms with Gasteiger partial charge >= 0.3 is 6.18 Å². The van der Waals surface area contributed by atoms with Crippen molar-refractivity contribution in [3.05, 3.63) is 29.0 Å². The average molecular weight is 278 g/mol. The van der Waals surface area contributed by atoms with E-state index in [4.69, 9.17) is 17.3 Å². The number of hydrogen-bond acceptors (Lipinski definition) is 2. The summed E-state index contributed by atoms with van der Waals surface area (Å²) in [5.41, 5.74) is 3.81. The van der Waals surface area contributed by atoms with Gasteiger partial charge in [0.05, 0.1) is 11.0 Å². The number of hydrogen-bond donors (Lipinski definition) is 1. The minimum atomic E-state index is -4.58. The van der Waals surface area contributed by atoms with Crippen molar-refractivity contribution in [2.24, 2.45) is 12.8 Å². The molecule has 0 aliphatic carbocycles. The molecule has 18 heavy (non-hydrogen) atoms. The first-order valence-corrected chi connectivity index (χ1v) is 5.50. The van der Waals surface area contributed by atoms with Gasteiger partial charge in [0.15, 0.2) is 5.54 Å². The van der Waals surface area contributed by atoms with Gasteiger partial charge in [-0.2, -0.15) is 13.2 Å². The van der Waals surface area contributed by atoms with Crippen molar-refractivity contribution in [2.75, 3.05) is 0 Å². The largest absolute Gasteiger partial charge is 0.413 e. The van der Waals surface area contributed by atoms with Crippen LogP contribution in [0.25, 0.3) is 11.0 Å². The number of rotatable bonds is 1. The molecule has 0 saturated carbocycles. The van der Waals surface area contributed by atoms with Crippen LogP contribution >= 0.6 is 11.6 Å². The molecule has 0 fully saturated rings. The van der Waals surface area contributed by atoms with E-state index in [1.807, 2.05) is 0 Å². The molecular formula is C11H11ClF3N3. The highest BCUT2D eigenvalue weighted by Gasteiger charge is 2.52. The molecule has 1 aromatic carbocycles. The first-order valence-electron chi connectivity index (χ1n) is 5.12. The van der Waals surface area contributed by atoms with E-state index in [-0.39, 0.29) is 5.82 Å². The zero-order chi connectivity index (χ0) is 13.7. The fraction of sp³-hybridized carbons (Fsp3) is 0.364. The fourth-order valence-electron chi connectivity index (χ4n) is 1.75. The monoisotopic (exact) mass is 277 g/mol. The van der Waals surface area contributed by atoms with Crippen LogP contribution in [0.1, 0.15) is 12.7 Å². The summed E-state index contributed by atoms with van der Waals surface area (Å²) >= 11 is 5.81. The van der Waals surface area contributed by atoms with Gasteiger partial charge in [-0.1, -0.05) is 11.6 Å². The third-order valence-corrected chi connectivity index (χ3v) is 3.13. The molecule has 2 N–H and O–H groups in total. The number of alkyl halides is 3. The molecule has 0 spiro atoms. The highest BCUT2D eigenvalue weighted by atomic mass is 35.5. The minimum Gasteiger partial charge on any atom is -0.329 e. The Balaban J connectivity index is 2.70. The van der Waals surface area contributed by atoms with E-state index in [2.05, 4.69) is 4.98 Å². The fourth-order valence-corrected chi connectivity index (χ4v) is 1.92. The zero-order valence-corrected chi connectivity index (χ0v) is 10.5. The zero-order valence-electron chi connectivity index (χ0n) is 9.72. The minimum absolute atomic E-state index is 0.243. The van der Waals surface area contributed by atoms with E-state index in [1.165, 1.54) is 11.6 Å². The Bertz CT molecular complexity index is 601. The Morgan fingerprint density at radius 3 is 2.50 bits per heavy atom. The lowest BCUT2D eigenvalue weighted by atomic mass is 10.0. The molecule has 2 aromatic rings. The number of aryl methyl sites for hydroxylation is 1. The van der Waals surface area contributed by atoms with Gasteiger partial charge in [-0.15, -0.1) is 0 Å². The summed E-state index contributed by atoms with van der Waals surface area (Å²) < 4.78 is 40.0. The van der Waals surface area contributed by atoms with Gasteiger partial charge < -0.3 is 10.3 Å². The summed E-state index contributed by atoms with van der Waals surface area (Å²) in [5, 5.41) is 0.433. The molecule has 1 unspecified atom stereocenters. The van der Waals surface area contributed by atoms with Crippen LogP contribution in [0.5, 0.6) is 0 Å². The average Bonchev–Trinajstić information content (AvgIpc) is 2.55. The lowest BCUT2D eigenvalue weighted by Crippen LogP contribution is -2.49. The highest BCUT2D eigenvalue weighted by molar-refractivity contribution is 6.31. The predicted molar refractivity (Wildman–Crippen MR) is 63.3 cm³/mol. The summed E-state index contributed by atoms with van der Waals surface area (Å²) in [5.74, 6) is -0.243. The van der Waals surface area contributed by atoms with Crippen LogP contribution in [0.2, 0.25) is 5.02 Å². The van der Waals surface area contributed by atoms with Crippen molar-refractivity contribution in [1.82, 2.24) is 9.55 Å². The number of benzene rings is 1. The third-order valence-electron chi connectivity index (χ3n) is 2.90. The van der Waals surface area contributed by atoms with Crippen molar-refractivity contribution in [1.29, 1.82) is 0 Å². The summed E-state index contributed by atoms with van der Waals surface area (Å²) in [6.07, 6.45) is -4.58. The molecule has 3 nitrogen and oxygen atoms in total. The van der Waals surface area contributed by atoms with Gasteiger partial charge in [0.25, 0.3) is 0 Å². The molecule has 0 bridgehead atoms. The van der Waals surface area contributed by atoms with Gasteiger partial charge in [0.2, 0.25) is 0 Å². The molecule has 0 radical (unpaired) electrons. The molecular weight excluding hydrogens is 267 g/mol. The molecule has 7 heteroatoms. The third kappa shape index (κ3) is 1.85. The number of halogens is 4. The summed E-state index contributed by atoms with van der Waals surface area (Å²) in [7, 11) is 1.48. The Hall–Kier alpha value is -1.27. The Labute approximate surface area is 106 Å². The van der Waals surface area contributed by atoms with E-state index < -0.39 is 11.7 Å². The van der Waals surface area contributed by atoms with Crippen molar-refractivity contribution in [3.8, 4) is 0 Å². The van der Waals surface area contributed by atoms with Crippen molar-refractivity contribution < 1.29 is 13.2 Å². The maximum absolute atomic E-state index is 12.9. The van der Waals surface area contributed by atoms with Crippen LogP contribution in [-0.4, -0.2) is 15.7 Å². The first-order chi connectivity index (χ1) is 8.14. The molecule has 0 saturated heterocycles. The highest BCUT2D eigenvalue weighted by Crippen LogP contribution is 2.36. The number of nitrogens with two attached hydrogens (primary N) is 1. The molecule has 1 atom stereocenters. The lowest BCUT2D eigenvalue weighted by Gasteiger charge is -2.26. The second kappa shape index (κ2) is 3.86. The number of aromatic nitrogens is 2. The standard InChI is InChI=1S/C11H11ClF3N3/c1-10(16,11(13,14)15)9-17-7-4-3-6(12)5-8(7)18(9)2/h3-5H,16H2,1-2H3. The van der Waals surface area contributed by atoms with E-state index in [9.17, 15) is 13.2 Å². The molecule has 0 aliphatic rings. The Morgan fingerprint density at radius 2 is 1.94 bits per heavy atom. The Kier molecular flexibility index (Phi) is 2.82. The van der Waals surface area contributed by atoms with Crippen molar-refractivity contribution in [2.45, 2.75) is 18.6 Å². The second-order valence-electron chi connectivity index (χ2n) is 4.33. The number of nitrogens with zero attached hydrogens (tertiary/aromatic N) is 2. The maximum Gasteiger partial charge on any atom is 0.413 e. The van der Waals surface area contributed by atoms with Crippen LogP contribution in [0.15, 0.2) is 18.2 Å². The summed E-state index contributed by atoms with van der Waals surface area (Å²) in [4.78, 5) is 3.95. The molecule has 1 heterocycles. The number of fused-ring (bicyclic) bond motifs is 1. The normalized spacial score (nSPS) is 15.9. The maximum atomic E-state index is 12.9. The SMILES string of the molecule is Cn1c(C(C)(N)C(F)(F)F)nc2ccc(Cl)cc21. The van der Waals surface area contributed by atoms with Gasteiger partial charge in [-0.05, 0) is 25.1 Å². The van der Waals surface area contributed by atoms with Gasteiger partial charge in [0, 0.05) is 12.1 Å². The molecule has 0 amide bonds. The van der Waals surface area contributed by atoms with Gasteiger partial charge in [-0.25, -0.2) is 4.98 Å². The van der Waals surface area contributed by atoms with E-state index in [1.54, 1.807) is 18.2 Å². The summed E-state index contributed by atoms with van der Waals surface area (Å²) in [6.45, 7) is 0.899. The van der Waals surface area contributed by atoms with Crippen molar-refractivity contribution in [3.63, 3.8) is 0 Å². The van der Waals surface area contributed by atoms with E-state index in [0.717, 1.165) is 6.92 Å². The Morgan fingerprint density at radius 1 is 1.33 bits per heavy atom. The summed E-state index contributed by atoms with van der Waals surface area (Å²) in [6, 6.07) is 4.69. The van der Waals surface area contributed by atoms with Crippen LogP contribution in [-0.2, 0) is 12.6 Å². The van der Waals surface area contributed by atoms with E-state index in [0.29, 0.717) is 16.1 Å². The predicted octanol–water partition coefficient (Wildman–Crippen LogP) is 2.96. The van der Waals surface area contributed by atoms with Crippen LogP contribution in [0.4, 0.5) is 13.2 Å².